The number of aryl methyl sites for hydroxylation is 1. The Bertz CT molecular complexity index is 878. The van der Waals surface area contributed by atoms with Crippen molar-refractivity contribution < 1.29 is 9.53 Å². The third-order valence-electron chi connectivity index (χ3n) is 3.76. The van der Waals surface area contributed by atoms with Gasteiger partial charge in [-0.15, -0.1) is 0 Å². The van der Waals surface area contributed by atoms with E-state index in [0.29, 0.717) is 30.4 Å². The fourth-order valence-corrected chi connectivity index (χ4v) is 2.48. The maximum Gasteiger partial charge on any atom is 0.319 e. The molecule has 0 fully saturated rings. The monoisotopic (exact) mass is 366 g/mol. The number of anilines is 2. The standard InChI is InChI=1S/C19H22N6O2/c1-14-22-17(13-18(23-14)25-11-3-4-12-25)20-9-10-21-19(26)24-15-5-7-16(27-2)8-6-15/h3-8,11-13H,9-10H2,1-2H3,(H,20,22,23)(H2,21,24,26). The van der Waals surface area contributed by atoms with Gasteiger partial charge >= 0.3 is 6.03 Å². The molecule has 0 aliphatic heterocycles. The second-order valence-corrected chi connectivity index (χ2v) is 5.79. The number of nitrogens with zero attached hydrogens (tertiary/aromatic N) is 3. The van der Waals surface area contributed by atoms with Gasteiger partial charge < -0.3 is 25.3 Å². The van der Waals surface area contributed by atoms with Crippen molar-refractivity contribution in [2.45, 2.75) is 6.92 Å². The quantitative estimate of drug-likeness (QED) is 0.559. The average Bonchev–Trinajstić information content (AvgIpc) is 3.20. The summed E-state index contributed by atoms with van der Waals surface area (Å²) < 4.78 is 7.00. The summed E-state index contributed by atoms with van der Waals surface area (Å²) in [6, 6.07) is 12.6. The fourth-order valence-electron chi connectivity index (χ4n) is 2.48. The third-order valence-corrected chi connectivity index (χ3v) is 3.76. The van der Waals surface area contributed by atoms with E-state index in [0.717, 1.165) is 11.6 Å². The van der Waals surface area contributed by atoms with Crippen molar-refractivity contribution >= 4 is 17.5 Å². The van der Waals surface area contributed by atoms with Crippen LogP contribution in [0.15, 0.2) is 54.9 Å². The van der Waals surface area contributed by atoms with Crippen LogP contribution < -0.4 is 20.7 Å². The molecule has 0 aliphatic carbocycles. The summed E-state index contributed by atoms with van der Waals surface area (Å²) in [5, 5.41) is 8.76. The van der Waals surface area contributed by atoms with Gasteiger partial charge in [-0.25, -0.2) is 14.8 Å². The molecule has 3 N–H and O–H groups in total. The van der Waals surface area contributed by atoms with E-state index in [9.17, 15) is 4.79 Å². The van der Waals surface area contributed by atoms with Gasteiger partial charge in [0, 0.05) is 37.2 Å². The third kappa shape index (κ3) is 5.21. The molecule has 2 aromatic heterocycles. The van der Waals surface area contributed by atoms with E-state index in [1.165, 1.54) is 0 Å². The smallest absolute Gasteiger partial charge is 0.319 e. The van der Waals surface area contributed by atoms with Crippen LogP contribution in [0.25, 0.3) is 5.82 Å². The molecule has 0 saturated carbocycles. The largest absolute Gasteiger partial charge is 0.497 e. The fraction of sp³-hybridized carbons (Fsp3) is 0.211. The van der Waals surface area contributed by atoms with Gasteiger partial charge in [-0.3, -0.25) is 0 Å². The molecule has 3 rings (SSSR count). The molecule has 0 unspecified atom stereocenters. The van der Waals surface area contributed by atoms with Crippen LogP contribution in [-0.2, 0) is 0 Å². The highest BCUT2D eigenvalue weighted by Gasteiger charge is 2.04. The molecule has 0 aliphatic rings. The molecule has 0 spiro atoms. The van der Waals surface area contributed by atoms with E-state index in [1.54, 1.807) is 31.4 Å². The first-order valence-electron chi connectivity index (χ1n) is 8.56. The van der Waals surface area contributed by atoms with E-state index in [1.807, 2.05) is 42.1 Å². The molecule has 2 heterocycles. The Morgan fingerprint density at radius 3 is 2.56 bits per heavy atom. The van der Waals surface area contributed by atoms with E-state index in [2.05, 4.69) is 25.9 Å². The molecule has 27 heavy (non-hydrogen) atoms. The lowest BCUT2D eigenvalue weighted by Crippen LogP contribution is -2.32. The summed E-state index contributed by atoms with van der Waals surface area (Å²) in [7, 11) is 1.60. The normalized spacial score (nSPS) is 10.3. The molecule has 1 aromatic carbocycles. The van der Waals surface area contributed by atoms with Crippen LogP contribution in [0.4, 0.5) is 16.3 Å². The van der Waals surface area contributed by atoms with Crippen LogP contribution in [0.1, 0.15) is 5.82 Å². The summed E-state index contributed by atoms with van der Waals surface area (Å²) in [5.41, 5.74) is 0.698. The summed E-state index contributed by atoms with van der Waals surface area (Å²) in [5.74, 6) is 2.92. The minimum atomic E-state index is -0.270. The van der Waals surface area contributed by atoms with Crippen LogP contribution >= 0.6 is 0 Å². The van der Waals surface area contributed by atoms with Crippen LogP contribution in [0, 0.1) is 6.92 Å². The number of ether oxygens (including phenoxy) is 1. The van der Waals surface area contributed by atoms with Gasteiger partial charge in [0.1, 0.15) is 23.2 Å². The lowest BCUT2D eigenvalue weighted by molar-refractivity contribution is 0.252. The number of nitrogens with one attached hydrogen (secondary N) is 3. The molecular weight excluding hydrogens is 344 g/mol. The molecule has 0 atom stereocenters. The van der Waals surface area contributed by atoms with Crippen molar-refractivity contribution in [3.63, 3.8) is 0 Å². The molecule has 2 amide bonds. The zero-order valence-corrected chi connectivity index (χ0v) is 15.3. The summed E-state index contributed by atoms with van der Waals surface area (Å²) in [6.45, 7) is 2.83. The van der Waals surface area contributed by atoms with Gasteiger partial charge in [0.15, 0.2) is 0 Å². The highest BCUT2D eigenvalue weighted by Crippen LogP contribution is 2.14. The number of carbonyl (C=O) groups excluding carboxylic acids is 1. The minimum absolute atomic E-state index is 0.270. The van der Waals surface area contributed by atoms with Crippen molar-refractivity contribution in [1.29, 1.82) is 0 Å². The topological polar surface area (TPSA) is 93.1 Å². The number of amides is 2. The Morgan fingerprint density at radius 1 is 1.11 bits per heavy atom. The maximum absolute atomic E-state index is 11.9. The van der Waals surface area contributed by atoms with Crippen LogP contribution in [-0.4, -0.2) is 40.8 Å². The lowest BCUT2D eigenvalue weighted by Gasteiger charge is -2.11. The number of hydrogen-bond donors (Lipinski definition) is 3. The molecule has 0 saturated heterocycles. The van der Waals surface area contributed by atoms with Crippen molar-refractivity contribution in [1.82, 2.24) is 19.9 Å². The predicted molar refractivity (Wildman–Crippen MR) is 105 cm³/mol. The second kappa shape index (κ2) is 8.70. The van der Waals surface area contributed by atoms with Crippen LogP contribution in [0.2, 0.25) is 0 Å². The first-order valence-corrected chi connectivity index (χ1v) is 8.56. The number of methoxy groups -OCH3 is 1. The van der Waals surface area contributed by atoms with E-state index < -0.39 is 0 Å². The van der Waals surface area contributed by atoms with Gasteiger partial charge in [0.2, 0.25) is 0 Å². The molecule has 8 heteroatoms. The Kier molecular flexibility index (Phi) is 5.88. The van der Waals surface area contributed by atoms with Gasteiger partial charge in [-0.1, -0.05) is 0 Å². The molecule has 0 bridgehead atoms. The number of hydrogen-bond acceptors (Lipinski definition) is 5. The zero-order chi connectivity index (χ0) is 19.1. The highest BCUT2D eigenvalue weighted by atomic mass is 16.5. The number of aromatic nitrogens is 3. The highest BCUT2D eigenvalue weighted by molar-refractivity contribution is 5.89. The van der Waals surface area contributed by atoms with Gasteiger partial charge in [-0.05, 0) is 43.3 Å². The molecule has 8 nitrogen and oxygen atoms in total. The first kappa shape index (κ1) is 18.2. The number of urea groups is 1. The Balaban J connectivity index is 1.46. The number of rotatable bonds is 7. The van der Waals surface area contributed by atoms with Crippen molar-refractivity contribution in [2.24, 2.45) is 0 Å². The minimum Gasteiger partial charge on any atom is -0.497 e. The van der Waals surface area contributed by atoms with Crippen LogP contribution in [0.5, 0.6) is 5.75 Å². The van der Waals surface area contributed by atoms with Gasteiger partial charge in [0.05, 0.1) is 7.11 Å². The van der Waals surface area contributed by atoms with E-state index >= 15 is 0 Å². The zero-order valence-electron chi connectivity index (χ0n) is 15.3. The Labute approximate surface area is 157 Å². The van der Waals surface area contributed by atoms with E-state index in [4.69, 9.17) is 4.74 Å². The molecule has 0 radical (unpaired) electrons. The van der Waals surface area contributed by atoms with Gasteiger partial charge in [-0.2, -0.15) is 0 Å². The predicted octanol–water partition coefficient (Wildman–Crippen LogP) is 2.82. The summed E-state index contributed by atoms with van der Waals surface area (Å²) in [6.07, 6.45) is 3.85. The SMILES string of the molecule is COc1ccc(NC(=O)NCCNc2cc(-n3cccc3)nc(C)n2)cc1. The lowest BCUT2D eigenvalue weighted by atomic mass is 10.3. The summed E-state index contributed by atoms with van der Waals surface area (Å²) in [4.78, 5) is 20.7. The van der Waals surface area contributed by atoms with Crippen molar-refractivity contribution in [2.75, 3.05) is 30.8 Å². The summed E-state index contributed by atoms with van der Waals surface area (Å²) >= 11 is 0. The molecule has 3 aromatic rings. The second-order valence-electron chi connectivity index (χ2n) is 5.79. The number of carbonyl (C=O) groups is 1. The average molecular weight is 366 g/mol. The maximum atomic E-state index is 11.9. The molecular formula is C19H22N6O2. The molecule has 140 valence electrons. The van der Waals surface area contributed by atoms with Crippen molar-refractivity contribution in [3.8, 4) is 11.6 Å². The Hall–Kier alpha value is -3.55. The number of benzene rings is 1. The Morgan fingerprint density at radius 2 is 1.85 bits per heavy atom. The van der Waals surface area contributed by atoms with Gasteiger partial charge in [0.25, 0.3) is 0 Å². The first-order chi connectivity index (χ1) is 13.1. The van der Waals surface area contributed by atoms with Crippen molar-refractivity contribution in [3.05, 3.63) is 60.7 Å². The van der Waals surface area contributed by atoms with E-state index in [-0.39, 0.29) is 6.03 Å². The van der Waals surface area contributed by atoms with Crippen LogP contribution in [0.3, 0.4) is 0 Å².